The van der Waals surface area contributed by atoms with Gasteiger partial charge in [0.15, 0.2) is 0 Å². The molecule has 130 valence electrons. The van der Waals surface area contributed by atoms with E-state index in [0.717, 1.165) is 31.6 Å². The molecule has 0 aromatic heterocycles. The first-order valence-electron chi connectivity index (χ1n) is 10.1. The van der Waals surface area contributed by atoms with Gasteiger partial charge < -0.3 is 5.11 Å². The number of aliphatic hydroxyl groups is 1. The molecule has 4 aliphatic rings. The number of hydrogen-bond donors (Lipinski definition) is 1. The molecule has 0 aliphatic heterocycles. The molecular weight excluding hydrogens is 284 g/mol. The Morgan fingerprint density at radius 1 is 1.04 bits per heavy atom. The average Bonchev–Trinajstić information content (AvgIpc) is 2.85. The first-order valence-corrected chi connectivity index (χ1v) is 10.1. The van der Waals surface area contributed by atoms with Crippen molar-refractivity contribution < 1.29 is 9.90 Å². The molecule has 0 heterocycles. The molecule has 4 fully saturated rings. The van der Waals surface area contributed by atoms with Crippen LogP contribution in [-0.2, 0) is 4.79 Å². The Morgan fingerprint density at radius 2 is 1.83 bits per heavy atom. The minimum atomic E-state index is -0.386. The first kappa shape index (κ1) is 16.1. The van der Waals surface area contributed by atoms with Crippen LogP contribution in [0.1, 0.15) is 78.6 Å². The van der Waals surface area contributed by atoms with Crippen molar-refractivity contribution in [3.63, 3.8) is 0 Å². The van der Waals surface area contributed by atoms with Crippen molar-refractivity contribution in [2.24, 2.45) is 40.9 Å². The Hall–Kier alpha value is -0.370. The van der Waals surface area contributed by atoms with E-state index < -0.39 is 0 Å². The smallest absolute Gasteiger partial charge is 0.133 e. The molecule has 0 saturated heterocycles. The van der Waals surface area contributed by atoms with E-state index in [1.165, 1.54) is 32.1 Å². The van der Waals surface area contributed by atoms with E-state index in [-0.39, 0.29) is 5.60 Å². The molecule has 4 saturated carbocycles. The Labute approximate surface area is 141 Å². The van der Waals surface area contributed by atoms with Crippen LogP contribution in [0.5, 0.6) is 0 Å². The standard InChI is InChI=1S/C21H34O2/c1-13(2)17-6-7-19-16-5-4-14-12-15(22)8-10-20(14,3)18(16)9-11-21(17,19)23/h13-14,16-19,23H,4-12H2,1-3H3/t14?,16-,17?,18?,19?,20+,21+/m1/s1. The van der Waals surface area contributed by atoms with Gasteiger partial charge in [-0.1, -0.05) is 20.8 Å². The van der Waals surface area contributed by atoms with E-state index in [9.17, 15) is 9.90 Å². The lowest BCUT2D eigenvalue weighted by atomic mass is 9.46. The largest absolute Gasteiger partial charge is 0.389 e. The highest BCUT2D eigenvalue weighted by molar-refractivity contribution is 5.79. The van der Waals surface area contributed by atoms with Crippen LogP contribution in [0.4, 0.5) is 0 Å². The Kier molecular flexibility index (Phi) is 3.72. The van der Waals surface area contributed by atoms with Gasteiger partial charge in [-0.05, 0) is 85.9 Å². The Bertz CT molecular complexity index is 498. The number of carbonyl (C=O) groups excluding carboxylic acids is 1. The molecule has 0 spiro atoms. The summed E-state index contributed by atoms with van der Waals surface area (Å²) in [6.45, 7) is 7.07. The highest BCUT2D eigenvalue weighted by atomic mass is 16.3. The highest BCUT2D eigenvalue weighted by Crippen LogP contribution is 2.65. The lowest BCUT2D eigenvalue weighted by molar-refractivity contribution is -0.163. The van der Waals surface area contributed by atoms with Crippen LogP contribution in [0, 0.1) is 40.9 Å². The lowest BCUT2D eigenvalue weighted by Gasteiger charge is -2.59. The fourth-order valence-corrected chi connectivity index (χ4v) is 7.64. The Morgan fingerprint density at radius 3 is 2.57 bits per heavy atom. The summed E-state index contributed by atoms with van der Waals surface area (Å²) in [5.41, 5.74) is -0.0168. The van der Waals surface area contributed by atoms with Crippen LogP contribution in [0.15, 0.2) is 0 Å². The predicted octanol–water partition coefficient (Wildman–Crippen LogP) is 4.60. The average molecular weight is 319 g/mol. The van der Waals surface area contributed by atoms with Crippen molar-refractivity contribution in [2.45, 2.75) is 84.2 Å². The first-order chi connectivity index (χ1) is 10.9. The topological polar surface area (TPSA) is 37.3 Å². The van der Waals surface area contributed by atoms with Crippen molar-refractivity contribution in [2.75, 3.05) is 0 Å². The van der Waals surface area contributed by atoms with Gasteiger partial charge in [0.05, 0.1) is 5.60 Å². The summed E-state index contributed by atoms with van der Waals surface area (Å²) >= 11 is 0. The molecule has 0 bridgehead atoms. The third-order valence-corrected chi connectivity index (χ3v) is 8.81. The maximum absolute atomic E-state index is 11.9. The van der Waals surface area contributed by atoms with E-state index in [1.54, 1.807) is 0 Å². The quantitative estimate of drug-likeness (QED) is 0.767. The monoisotopic (exact) mass is 318 g/mol. The van der Waals surface area contributed by atoms with Crippen molar-refractivity contribution in [3.05, 3.63) is 0 Å². The van der Waals surface area contributed by atoms with Crippen LogP contribution in [0.25, 0.3) is 0 Å². The summed E-state index contributed by atoms with van der Waals surface area (Å²) in [5, 5.41) is 11.5. The second kappa shape index (κ2) is 5.31. The summed E-state index contributed by atoms with van der Waals surface area (Å²) in [4.78, 5) is 11.9. The highest BCUT2D eigenvalue weighted by Gasteiger charge is 2.61. The van der Waals surface area contributed by atoms with Gasteiger partial charge in [0.2, 0.25) is 0 Å². The summed E-state index contributed by atoms with van der Waals surface area (Å²) < 4.78 is 0. The van der Waals surface area contributed by atoms with Crippen LogP contribution in [-0.4, -0.2) is 16.5 Å². The number of Topliss-reactive ketones (excluding diaryl/α,β-unsaturated/α-hetero) is 1. The minimum absolute atomic E-state index is 0.369. The number of rotatable bonds is 1. The van der Waals surface area contributed by atoms with Gasteiger partial charge in [-0.3, -0.25) is 4.79 Å². The number of ketones is 1. The van der Waals surface area contributed by atoms with E-state index in [1.807, 2.05) is 0 Å². The van der Waals surface area contributed by atoms with Gasteiger partial charge in [0, 0.05) is 12.8 Å². The van der Waals surface area contributed by atoms with Crippen molar-refractivity contribution in [1.29, 1.82) is 0 Å². The number of hydrogen-bond acceptors (Lipinski definition) is 2. The minimum Gasteiger partial charge on any atom is -0.389 e. The molecule has 4 rings (SSSR count). The zero-order valence-electron chi connectivity index (χ0n) is 15.2. The van der Waals surface area contributed by atoms with E-state index in [2.05, 4.69) is 20.8 Å². The molecule has 7 atom stereocenters. The molecule has 0 aromatic carbocycles. The molecule has 4 unspecified atom stereocenters. The lowest BCUT2D eigenvalue weighted by Crippen LogP contribution is -2.57. The fourth-order valence-electron chi connectivity index (χ4n) is 7.64. The van der Waals surface area contributed by atoms with Crippen molar-refractivity contribution in [1.82, 2.24) is 0 Å². The maximum atomic E-state index is 11.9. The predicted molar refractivity (Wildman–Crippen MR) is 91.9 cm³/mol. The SMILES string of the molecule is CC(C)C1CCC2[C@@H]3CCC4CC(=O)CC[C@]4(C)C3CC[C@]12O. The van der Waals surface area contributed by atoms with Crippen LogP contribution < -0.4 is 0 Å². The van der Waals surface area contributed by atoms with Gasteiger partial charge in [0.1, 0.15) is 5.78 Å². The fraction of sp³-hybridized carbons (Fsp3) is 0.952. The van der Waals surface area contributed by atoms with Gasteiger partial charge >= 0.3 is 0 Å². The zero-order chi connectivity index (χ0) is 16.4. The van der Waals surface area contributed by atoms with Gasteiger partial charge in [-0.25, -0.2) is 0 Å². The molecule has 1 N–H and O–H groups in total. The Balaban J connectivity index is 1.61. The molecular formula is C21H34O2. The zero-order valence-corrected chi connectivity index (χ0v) is 15.2. The third-order valence-electron chi connectivity index (χ3n) is 8.81. The van der Waals surface area contributed by atoms with Crippen LogP contribution >= 0.6 is 0 Å². The van der Waals surface area contributed by atoms with E-state index in [0.29, 0.717) is 40.8 Å². The summed E-state index contributed by atoms with van der Waals surface area (Å²) in [6.07, 6.45) is 9.90. The van der Waals surface area contributed by atoms with Gasteiger partial charge in [-0.15, -0.1) is 0 Å². The maximum Gasteiger partial charge on any atom is 0.133 e. The normalized spacial score (nSPS) is 52.9. The van der Waals surface area contributed by atoms with Gasteiger partial charge in [0.25, 0.3) is 0 Å². The number of carbonyl (C=O) groups is 1. The molecule has 4 aliphatic carbocycles. The molecule has 0 radical (unpaired) electrons. The number of fused-ring (bicyclic) bond motifs is 5. The molecule has 23 heavy (non-hydrogen) atoms. The van der Waals surface area contributed by atoms with Crippen molar-refractivity contribution >= 4 is 5.78 Å². The molecule has 2 heteroatoms. The summed E-state index contributed by atoms with van der Waals surface area (Å²) in [5.74, 6) is 4.23. The van der Waals surface area contributed by atoms with Crippen LogP contribution in [0.3, 0.4) is 0 Å². The second-order valence-electron chi connectivity index (χ2n) is 9.86. The van der Waals surface area contributed by atoms with Crippen LogP contribution in [0.2, 0.25) is 0 Å². The summed E-state index contributed by atoms with van der Waals surface area (Å²) in [7, 11) is 0. The van der Waals surface area contributed by atoms with E-state index >= 15 is 0 Å². The van der Waals surface area contributed by atoms with Crippen molar-refractivity contribution in [3.8, 4) is 0 Å². The summed E-state index contributed by atoms with van der Waals surface area (Å²) in [6, 6.07) is 0. The second-order valence-corrected chi connectivity index (χ2v) is 9.86. The third kappa shape index (κ3) is 2.19. The molecule has 0 aromatic rings. The molecule has 0 amide bonds. The van der Waals surface area contributed by atoms with Gasteiger partial charge in [-0.2, -0.15) is 0 Å². The van der Waals surface area contributed by atoms with E-state index in [4.69, 9.17) is 0 Å². The molecule has 2 nitrogen and oxygen atoms in total.